The highest BCUT2D eigenvalue weighted by Crippen LogP contribution is 2.23. The van der Waals surface area contributed by atoms with Gasteiger partial charge in [0.05, 0.1) is 0 Å². The summed E-state index contributed by atoms with van der Waals surface area (Å²) in [5.74, 6) is -0.518. The first-order valence-electron chi connectivity index (χ1n) is 9.91. The van der Waals surface area contributed by atoms with Crippen LogP contribution >= 0.6 is 11.6 Å². The first-order chi connectivity index (χ1) is 13.8. The number of nitrogens with one attached hydrogen (secondary N) is 1. The fourth-order valence-electron chi connectivity index (χ4n) is 3.55. The number of hydrogen-bond donors (Lipinski definition) is 5. The molecular formula is C18H31ClN8O2. The summed E-state index contributed by atoms with van der Waals surface area (Å²) in [4.78, 5) is 23.9. The van der Waals surface area contributed by atoms with Crippen LogP contribution < -0.4 is 17.2 Å². The van der Waals surface area contributed by atoms with Gasteiger partial charge in [0.2, 0.25) is 0 Å². The number of aliphatic hydroxyl groups excluding tert-OH is 1. The Morgan fingerprint density at radius 3 is 2.52 bits per heavy atom. The smallest absolute Gasteiger partial charge is 0.283 e. The third-order valence-corrected chi connectivity index (χ3v) is 5.51. The van der Waals surface area contributed by atoms with Crippen molar-refractivity contribution in [3.8, 4) is 0 Å². The van der Waals surface area contributed by atoms with Gasteiger partial charge in [-0.2, -0.15) is 0 Å². The molecule has 2 heterocycles. The van der Waals surface area contributed by atoms with Crippen LogP contribution in [0.4, 0.5) is 11.6 Å². The van der Waals surface area contributed by atoms with Gasteiger partial charge in [0.1, 0.15) is 0 Å². The van der Waals surface area contributed by atoms with Gasteiger partial charge in [-0.05, 0) is 44.7 Å². The fraction of sp³-hybridized carbons (Fsp3) is 0.667. The molecule has 0 unspecified atom stereocenters. The summed E-state index contributed by atoms with van der Waals surface area (Å²) in [6, 6.07) is 0. The molecule has 1 aromatic heterocycles. The first-order valence-corrected chi connectivity index (χ1v) is 10.3. The lowest BCUT2D eigenvalue weighted by Gasteiger charge is -2.32. The van der Waals surface area contributed by atoms with E-state index in [1.807, 2.05) is 0 Å². The second-order valence-corrected chi connectivity index (χ2v) is 7.69. The largest absolute Gasteiger partial charge is 0.396 e. The lowest BCUT2D eigenvalue weighted by Crippen LogP contribution is -2.42. The lowest BCUT2D eigenvalue weighted by atomic mass is 9.91. The molecule has 0 atom stereocenters. The first kappa shape index (κ1) is 23.1. The molecule has 0 radical (unpaired) electrons. The second kappa shape index (κ2) is 11.1. The third kappa shape index (κ3) is 6.69. The Hall–Kier alpha value is -2.17. The average Bonchev–Trinajstić information content (AvgIpc) is 2.69. The topological polar surface area (TPSA) is 171 Å². The van der Waals surface area contributed by atoms with Crippen molar-refractivity contribution in [3.05, 3.63) is 10.8 Å². The van der Waals surface area contributed by atoms with Crippen molar-refractivity contribution in [2.75, 3.05) is 44.3 Å². The Kier molecular flexibility index (Phi) is 8.87. The molecule has 162 valence electrons. The van der Waals surface area contributed by atoms with Gasteiger partial charge < -0.3 is 27.2 Å². The zero-order chi connectivity index (χ0) is 21.4. The number of hydrogen-bond acceptors (Lipinski definition) is 8. The van der Waals surface area contributed by atoms with Crippen molar-refractivity contribution < 1.29 is 9.90 Å². The number of carbonyl (C=O) groups is 1. The van der Waals surface area contributed by atoms with Gasteiger partial charge in [0.15, 0.2) is 28.4 Å². The van der Waals surface area contributed by atoms with Crippen molar-refractivity contribution >= 4 is 35.1 Å². The Morgan fingerprint density at radius 1 is 1.21 bits per heavy atom. The zero-order valence-corrected chi connectivity index (χ0v) is 17.4. The number of halogens is 1. The number of carbonyl (C=O) groups excluding carboxylic acids is 1. The molecule has 0 spiro atoms. The van der Waals surface area contributed by atoms with Crippen LogP contribution in [0, 0.1) is 11.3 Å². The van der Waals surface area contributed by atoms with Crippen molar-refractivity contribution in [1.82, 2.24) is 19.8 Å². The Labute approximate surface area is 175 Å². The molecule has 1 aromatic rings. The monoisotopic (exact) mass is 426 g/mol. The minimum atomic E-state index is -0.610. The molecule has 1 aliphatic rings. The number of amides is 1. The van der Waals surface area contributed by atoms with Crippen molar-refractivity contribution in [1.29, 1.82) is 5.41 Å². The van der Waals surface area contributed by atoms with Crippen LogP contribution in [0.2, 0.25) is 5.15 Å². The van der Waals surface area contributed by atoms with E-state index in [2.05, 4.69) is 14.9 Å². The van der Waals surface area contributed by atoms with E-state index in [0.717, 1.165) is 56.6 Å². The standard InChI is InChI=1S/C18H31ClN8O2/c19-14-16(21)25-15(20)13(24-14)17(29)27(18(22)23)8-2-1-4-12-5-9-26(10-6-12)7-3-11-28/h12,28H,1-11H2,(H3,22,23)(H4,20,21,25). The van der Waals surface area contributed by atoms with Crippen LogP contribution in [0.1, 0.15) is 49.0 Å². The highest BCUT2D eigenvalue weighted by molar-refractivity contribution is 6.31. The quantitative estimate of drug-likeness (QED) is 0.220. The van der Waals surface area contributed by atoms with Gasteiger partial charge in [0, 0.05) is 19.7 Å². The maximum atomic E-state index is 12.7. The van der Waals surface area contributed by atoms with Crippen LogP contribution in [-0.2, 0) is 0 Å². The molecule has 11 heteroatoms. The van der Waals surface area contributed by atoms with E-state index in [1.165, 1.54) is 0 Å². The number of nitrogens with zero attached hydrogens (tertiary/aromatic N) is 4. The van der Waals surface area contributed by atoms with Gasteiger partial charge >= 0.3 is 0 Å². The van der Waals surface area contributed by atoms with Crippen LogP contribution in [0.5, 0.6) is 0 Å². The number of unbranched alkanes of at least 4 members (excludes halogenated alkanes) is 1. The van der Waals surface area contributed by atoms with Crippen molar-refractivity contribution in [2.24, 2.45) is 11.7 Å². The van der Waals surface area contributed by atoms with Crippen LogP contribution in [-0.4, -0.2) is 69.5 Å². The van der Waals surface area contributed by atoms with E-state index in [0.29, 0.717) is 18.9 Å². The van der Waals surface area contributed by atoms with E-state index in [9.17, 15) is 4.79 Å². The van der Waals surface area contributed by atoms with E-state index in [-0.39, 0.29) is 35.0 Å². The van der Waals surface area contributed by atoms with Crippen LogP contribution in [0.25, 0.3) is 0 Å². The number of likely N-dealkylation sites (tertiary alicyclic amines) is 1. The number of anilines is 2. The van der Waals surface area contributed by atoms with Gasteiger partial charge in [-0.3, -0.25) is 15.1 Å². The number of piperidine rings is 1. The number of guanidine groups is 1. The molecule has 1 aliphatic heterocycles. The Balaban J connectivity index is 1.81. The Bertz CT molecular complexity index is 709. The number of aromatic nitrogens is 2. The zero-order valence-electron chi connectivity index (χ0n) is 16.6. The fourth-order valence-corrected chi connectivity index (χ4v) is 3.68. The summed E-state index contributed by atoms with van der Waals surface area (Å²) >= 11 is 5.84. The minimum Gasteiger partial charge on any atom is -0.396 e. The predicted octanol–water partition coefficient (Wildman–Crippen LogP) is 0.895. The average molecular weight is 427 g/mol. The van der Waals surface area contributed by atoms with Gasteiger partial charge in [-0.15, -0.1) is 0 Å². The molecule has 8 N–H and O–H groups in total. The Morgan fingerprint density at radius 2 is 1.90 bits per heavy atom. The molecule has 1 amide bonds. The number of rotatable bonds is 9. The van der Waals surface area contributed by atoms with Gasteiger partial charge in [0.25, 0.3) is 5.91 Å². The normalized spacial score (nSPS) is 15.4. The summed E-state index contributed by atoms with van der Waals surface area (Å²) in [5.41, 5.74) is 16.7. The maximum absolute atomic E-state index is 12.7. The molecule has 0 aliphatic carbocycles. The number of nitrogens with two attached hydrogens (primary N) is 3. The van der Waals surface area contributed by atoms with Crippen molar-refractivity contribution in [2.45, 2.75) is 38.5 Å². The van der Waals surface area contributed by atoms with E-state index >= 15 is 0 Å². The summed E-state index contributed by atoms with van der Waals surface area (Å²) in [7, 11) is 0. The highest BCUT2D eigenvalue weighted by atomic mass is 35.5. The molecule has 1 saturated heterocycles. The molecule has 0 saturated carbocycles. The minimum absolute atomic E-state index is 0.0579. The lowest BCUT2D eigenvalue weighted by molar-refractivity contribution is 0.0837. The van der Waals surface area contributed by atoms with E-state index in [1.54, 1.807) is 0 Å². The van der Waals surface area contributed by atoms with Gasteiger partial charge in [-0.1, -0.05) is 24.4 Å². The number of aliphatic hydroxyl groups is 1. The third-order valence-electron chi connectivity index (χ3n) is 5.23. The van der Waals surface area contributed by atoms with E-state index in [4.69, 9.17) is 39.3 Å². The predicted molar refractivity (Wildman–Crippen MR) is 114 cm³/mol. The molecule has 29 heavy (non-hydrogen) atoms. The molecule has 2 rings (SSSR count). The molecule has 0 bridgehead atoms. The number of nitrogen functional groups attached to an aromatic ring is 2. The van der Waals surface area contributed by atoms with Crippen LogP contribution in [0.3, 0.4) is 0 Å². The van der Waals surface area contributed by atoms with Crippen LogP contribution in [0.15, 0.2) is 0 Å². The summed E-state index contributed by atoms with van der Waals surface area (Å²) in [6.45, 7) is 3.63. The van der Waals surface area contributed by atoms with E-state index < -0.39 is 5.91 Å². The summed E-state index contributed by atoms with van der Waals surface area (Å²) in [5, 5.41) is 16.5. The van der Waals surface area contributed by atoms with Crippen molar-refractivity contribution in [3.63, 3.8) is 0 Å². The highest BCUT2D eigenvalue weighted by Gasteiger charge is 2.24. The summed E-state index contributed by atoms with van der Waals surface area (Å²) < 4.78 is 0. The summed E-state index contributed by atoms with van der Waals surface area (Å²) in [6.07, 6.45) is 5.85. The molecule has 1 fully saturated rings. The molecule has 10 nitrogen and oxygen atoms in total. The maximum Gasteiger partial charge on any atom is 0.283 e. The SMILES string of the molecule is N=C(N)N(CCCCC1CCN(CCCO)CC1)C(=O)c1nc(Cl)c(N)nc1N. The van der Waals surface area contributed by atoms with Gasteiger partial charge in [-0.25, -0.2) is 9.97 Å². The molecular weight excluding hydrogens is 396 g/mol. The molecule has 0 aromatic carbocycles. The second-order valence-electron chi connectivity index (χ2n) is 7.33.